The van der Waals surface area contributed by atoms with Crippen LogP contribution < -0.4 is 5.32 Å². The highest BCUT2D eigenvalue weighted by atomic mass is 19.1. The molecule has 0 spiro atoms. The van der Waals surface area contributed by atoms with Crippen molar-refractivity contribution in [2.75, 3.05) is 13.6 Å². The van der Waals surface area contributed by atoms with Crippen LogP contribution in [0.1, 0.15) is 76.9 Å². The lowest BCUT2D eigenvalue weighted by atomic mass is 9.93. The van der Waals surface area contributed by atoms with Crippen LogP contribution in [0.5, 0.6) is 0 Å². The third-order valence-corrected chi connectivity index (χ3v) is 8.42. The van der Waals surface area contributed by atoms with Crippen molar-refractivity contribution < 1.29 is 18.7 Å². The summed E-state index contributed by atoms with van der Waals surface area (Å²) in [6.07, 6.45) is 2.82. The number of nitrogens with zero attached hydrogens (tertiary/aromatic N) is 4. The van der Waals surface area contributed by atoms with Gasteiger partial charge in [0.1, 0.15) is 17.6 Å². The summed E-state index contributed by atoms with van der Waals surface area (Å²) in [6.45, 7) is 2.70. The van der Waals surface area contributed by atoms with Crippen LogP contribution in [0, 0.1) is 5.82 Å². The Balaban J connectivity index is 1.19. The normalized spacial score (nSPS) is 21.7. The monoisotopic (exact) mass is 539 g/mol. The van der Waals surface area contributed by atoms with Gasteiger partial charge in [-0.2, -0.15) is 5.10 Å². The summed E-state index contributed by atoms with van der Waals surface area (Å²) in [5.41, 5.74) is 5.97. The molecule has 2 aromatic heterocycles. The zero-order valence-corrected chi connectivity index (χ0v) is 22.4. The molecule has 0 radical (unpaired) electrons. The Morgan fingerprint density at radius 2 is 1.93 bits per heavy atom. The van der Waals surface area contributed by atoms with Gasteiger partial charge in [0.25, 0.3) is 5.91 Å². The van der Waals surface area contributed by atoms with E-state index in [1.54, 1.807) is 16.6 Å². The minimum absolute atomic E-state index is 0.0113. The molecule has 0 saturated heterocycles. The van der Waals surface area contributed by atoms with Crippen molar-refractivity contribution in [3.05, 3.63) is 88.5 Å². The average Bonchev–Trinajstić information content (AvgIpc) is 3.90. The van der Waals surface area contributed by atoms with Crippen molar-refractivity contribution >= 4 is 17.6 Å². The van der Waals surface area contributed by atoms with Gasteiger partial charge in [-0.15, -0.1) is 0 Å². The number of hydrogen-bond acceptors (Lipinski definition) is 5. The van der Waals surface area contributed by atoms with Gasteiger partial charge in [-0.1, -0.05) is 30.3 Å². The van der Waals surface area contributed by atoms with Crippen molar-refractivity contribution in [3.8, 4) is 11.3 Å². The van der Waals surface area contributed by atoms with Crippen LogP contribution in [0.15, 0.2) is 54.6 Å². The zero-order valence-electron chi connectivity index (χ0n) is 22.4. The Hall–Kier alpha value is -4.27. The smallest absolute Gasteiger partial charge is 0.407 e. The van der Waals surface area contributed by atoms with E-state index in [0.717, 1.165) is 30.5 Å². The van der Waals surface area contributed by atoms with Crippen LogP contribution >= 0.6 is 0 Å². The highest BCUT2D eigenvalue weighted by Crippen LogP contribution is 2.44. The van der Waals surface area contributed by atoms with Crippen molar-refractivity contribution in [2.45, 2.75) is 56.6 Å². The van der Waals surface area contributed by atoms with E-state index in [4.69, 9.17) is 14.8 Å². The topological polar surface area (TPSA) is 88.8 Å². The first-order valence-corrected chi connectivity index (χ1v) is 13.9. The number of alkyl carbamates (subject to hydrolysis) is 1. The molecule has 2 saturated carbocycles. The highest BCUT2D eigenvalue weighted by molar-refractivity contribution is 5.93. The fourth-order valence-electron chi connectivity index (χ4n) is 5.92. The van der Waals surface area contributed by atoms with Gasteiger partial charge >= 0.3 is 6.09 Å². The summed E-state index contributed by atoms with van der Waals surface area (Å²) >= 11 is 0. The quantitative estimate of drug-likeness (QED) is 0.368. The predicted molar refractivity (Wildman–Crippen MR) is 147 cm³/mol. The maximum Gasteiger partial charge on any atom is 0.407 e. The minimum Gasteiger partial charge on any atom is -0.446 e. The molecule has 1 aliphatic heterocycles. The highest BCUT2D eigenvalue weighted by Gasteiger charge is 2.42. The van der Waals surface area contributed by atoms with Crippen LogP contribution in [0.2, 0.25) is 0 Å². The number of carbonyl (C=O) groups excluding carboxylic acids is 2. The van der Waals surface area contributed by atoms with Crippen molar-refractivity contribution in [1.29, 1.82) is 0 Å². The Labute approximate surface area is 231 Å². The third kappa shape index (κ3) is 4.29. The third-order valence-electron chi connectivity index (χ3n) is 8.42. The molecule has 0 unspecified atom stereocenters. The number of aromatic nitrogens is 3. The molecule has 7 rings (SSSR count). The molecule has 8 nitrogen and oxygen atoms in total. The first kappa shape index (κ1) is 24.7. The van der Waals surface area contributed by atoms with E-state index in [1.165, 1.54) is 24.2 Å². The van der Waals surface area contributed by atoms with Crippen LogP contribution in [0.3, 0.4) is 0 Å². The van der Waals surface area contributed by atoms with E-state index >= 15 is 4.39 Å². The lowest BCUT2D eigenvalue weighted by Crippen LogP contribution is -2.39. The summed E-state index contributed by atoms with van der Waals surface area (Å²) in [4.78, 5) is 31.8. The lowest BCUT2D eigenvalue weighted by Gasteiger charge is -2.35. The maximum absolute atomic E-state index is 15.3. The Morgan fingerprint density at radius 1 is 1.10 bits per heavy atom. The SMILES string of the molecule is CNC(=O)O[C@H]1C[C@@H]1c1ccc(-c2cc3nc(C(=O)N4CCc5ccccc5[C@H]4C)cc(C4CC4)n3n2)c(F)c1. The molecule has 2 aliphatic carbocycles. The van der Waals surface area contributed by atoms with E-state index in [1.807, 2.05) is 29.2 Å². The second kappa shape index (κ2) is 9.43. The number of benzene rings is 2. The van der Waals surface area contributed by atoms with Crippen LogP contribution in [-0.4, -0.2) is 51.2 Å². The van der Waals surface area contributed by atoms with Crippen molar-refractivity contribution in [3.63, 3.8) is 0 Å². The first-order valence-electron chi connectivity index (χ1n) is 13.9. The number of rotatable bonds is 5. The van der Waals surface area contributed by atoms with Gasteiger partial charge in [-0.25, -0.2) is 18.7 Å². The summed E-state index contributed by atoms with van der Waals surface area (Å²) < 4.78 is 22.4. The van der Waals surface area contributed by atoms with E-state index in [-0.39, 0.29) is 24.0 Å². The number of fused-ring (bicyclic) bond motifs is 2. The molecule has 2 amide bonds. The number of amides is 2. The molecule has 2 fully saturated rings. The molecule has 4 aromatic rings. The number of ether oxygens (including phenoxy) is 1. The first-order chi connectivity index (χ1) is 19.4. The molecule has 2 aromatic carbocycles. The van der Waals surface area contributed by atoms with Gasteiger partial charge in [0.05, 0.1) is 11.7 Å². The molecule has 204 valence electrons. The molecule has 40 heavy (non-hydrogen) atoms. The summed E-state index contributed by atoms with van der Waals surface area (Å²) in [5, 5.41) is 7.17. The zero-order chi connectivity index (χ0) is 27.5. The molecule has 9 heteroatoms. The summed E-state index contributed by atoms with van der Waals surface area (Å²) in [6, 6.07) is 16.9. The van der Waals surface area contributed by atoms with Crippen LogP contribution in [0.4, 0.5) is 9.18 Å². The van der Waals surface area contributed by atoms with E-state index in [0.29, 0.717) is 41.5 Å². The number of carbonyl (C=O) groups is 2. The summed E-state index contributed by atoms with van der Waals surface area (Å²) in [7, 11) is 1.51. The fraction of sp³-hybridized carbons (Fsp3) is 0.355. The average molecular weight is 540 g/mol. The van der Waals surface area contributed by atoms with Gasteiger partial charge in [-0.3, -0.25) is 4.79 Å². The molecule has 3 heterocycles. The standard InChI is InChI=1S/C31H30FN5O3/c1-17-21-6-4-3-5-18(21)11-12-36(17)30(38)26-15-27(19-7-8-19)37-29(34-26)16-25(35-37)22-10-9-20(13-24(22)32)23-14-28(23)40-31(39)33-2/h3-6,9-10,13,15-17,19,23,28H,7-8,11-12,14H2,1-2H3,(H,33,39)/t17-,23-,28+/m1/s1. The lowest BCUT2D eigenvalue weighted by molar-refractivity contribution is 0.0671. The van der Waals surface area contributed by atoms with E-state index in [2.05, 4.69) is 24.4 Å². The number of halogens is 1. The molecular formula is C31H30FN5O3. The second-order valence-electron chi connectivity index (χ2n) is 11.0. The number of nitrogens with one attached hydrogen (secondary N) is 1. The largest absolute Gasteiger partial charge is 0.446 e. The molecule has 1 N–H and O–H groups in total. The maximum atomic E-state index is 15.3. The predicted octanol–water partition coefficient (Wildman–Crippen LogP) is 5.38. The van der Waals surface area contributed by atoms with Gasteiger partial charge in [0.15, 0.2) is 5.65 Å². The van der Waals surface area contributed by atoms with Crippen LogP contribution in [-0.2, 0) is 11.2 Å². The molecule has 3 atom stereocenters. The Morgan fingerprint density at radius 3 is 2.70 bits per heavy atom. The van der Waals surface area contributed by atoms with Gasteiger partial charge < -0.3 is 15.0 Å². The van der Waals surface area contributed by atoms with Crippen LogP contribution in [0.25, 0.3) is 16.9 Å². The molecule has 3 aliphatic rings. The van der Waals surface area contributed by atoms with Crippen molar-refractivity contribution in [2.24, 2.45) is 0 Å². The fourth-order valence-corrected chi connectivity index (χ4v) is 5.92. The Kier molecular flexibility index (Phi) is 5.83. The second-order valence-corrected chi connectivity index (χ2v) is 11.0. The van der Waals surface area contributed by atoms with E-state index < -0.39 is 11.9 Å². The minimum atomic E-state index is -0.481. The van der Waals surface area contributed by atoms with Gasteiger partial charge in [-0.05, 0) is 67.5 Å². The Bertz CT molecular complexity index is 1660. The number of hydrogen-bond donors (Lipinski definition) is 1. The molecule has 0 bridgehead atoms. The summed E-state index contributed by atoms with van der Waals surface area (Å²) in [5.74, 6) is -0.189. The van der Waals surface area contributed by atoms with E-state index in [9.17, 15) is 9.59 Å². The van der Waals surface area contributed by atoms with Gasteiger partial charge in [0.2, 0.25) is 0 Å². The van der Waals surface area contributed by atoms with Gasteiger partial charge in [0, 0.05) is 42.8 Å². The molecular weight excluding hydrogens is 509 g/mol. The van der Waals surface area contributed by atoms with Crippen molar-refractivity contribution in [1.82, 2.24) is 24.8 Å².